The molecule has 106 valence electrons. The Kier molecular flexibility index (Phi) is 4.83. The van der Waals surface area contributed by atoms with E-state index in [-0.39, 0.29) is 10.5 Å². The summed E-state index contributed by atoms with van der Waals surface area (Å²) in [5.74, 6) is 1.14. The molecule has 0 aromatic heterocycles. The minimum atomic E-state index is -3.59. The highest BCUT2D eigenvalue weighted by Gasteiger charge is 2.25. The minimum absolute atomic E-state index is 0.00488. The highest BCUT2D eigenvalue weighted by atomic mass is 32.2. The van der Waals surface area contributed by atoms with Gasteiger partial charge < -0.3 is 5.11 Å². The molecule has 0 aliphatic carbocycles. The van der Waals surface area contributed by atoms with E-state index in [2.05, 4.69) is 0 Å². The zero-order valence-corrected chi connectivity index (χ0v) is 12.0. The van der Waals surface area contributed by atoms with E-state index >= 15 is 0 Å². The molecule has 1 aromatic carbocycles. The lowest BCUT2D eigenvalue weighted by atomic mass is 10.2. The number of aliphatic hydroxyl groups is 1. The van der Waals surface area contributed by atoms with Crippen LogP contribution in [-0.2, 0) is 16.6 Å². The second kappa shape index (κ2) is 6.21. The molecule has 1 aromatic rings. The maximum absolute atomic E-state index is 13.3. The highest BCUT2D eigenvalue weighted by molar-refractivity contribution is 7.99. The summed E-state index contributed by atoms with van der Waals surface area (Å²) >= 11 is 1.73. The van der Waals surface area contributed by atoms with Crippen LogP contribution >= 0.6 is 11.8 Å². The molecule has 0 saturated carbocycles. The predicted octanol–water partition coefficient (Wildman–Crippen LogP) is 1.45. The Morgan fingerprint density at radius 2 is 2.11 bits per heavy atom. The topological polar surface area (TPSA) is 57.6 Å². The van der Waals surface area contributed by atoms with Crippen molar-refractivity contribution in [1.82, 2.24) is 4.31 Å². The van der Waals surface area contributed by atoms with Crippen molar-refractivity contribution in [2.24, 2.45) is 0 Å². The molecular formula is C12H16FNO3S2. The molecule has 4 nitrogen and oxygen atoms in total. The fourth-order valence-electron chi connectivity index (χ4n) is 1.95. The van der Waals surface area contributed by atoms with Crippen LogP contribution in [0.25, 0.3) is 0 Å². The van der Waals surface area contributed by atoms with E-state index in [9.17, 15) is 12.8 Å². The van der Waals surface area contributed by atoms with Crippen LogP contribution in [0.3, 0.4) is 0 Å². The third-order valence-corrected chi connectivity index (χ3v) is 5.95. The Morgan fingerprint density at radius 3 is 2.84 bits per heavy atom. The lowest BCUT2D eigenvalue weighted by Crippen LogP contribution is -2.33. The Balaban J connectivity index is 2.32. The van der Waals surface area contributed by atoms with Crippen LogP contribution in [-0.4, -0.2) is 42.4 Å². The summed E-state index contributed by atoms with van der Waals surface area (Å²) in [4.78, 5) is 0.0462. The van der Waals surface area contributed by atoms with Gasteiger partial charge in [0.1, 0.15) is 5.82 Å². The first-order chi connectivity index (χ1) is 9.05. The predicted molar refractivity (Wildman–Crippen MR) is 73.0 cm³/mol. The summed E-state index contributed by atoms with van der Waals surface area (Å²) in [6, 6.07) is 3.55. The first kappa shape index (κ1) is 14.8. The molecule has 1 aliphatic rings. The first-order valence-corrected chi connectivity index (χ1v) is 8.62. The average Bonchev–Trinajstić information content (AvgIpc) is 2.68. The molecule has 1 N–H and O–H groups in total. The Hall–Kier alpha value is -0.630. The van der Waals surface area contributed by atoms with Crippen molar-refractivity contribution in [3.8, 4) is 0 Å². The largest absolute Gasteiger partial charge is 0.392 e. The number of aliphatic hydroxyl groups excluding tert-OH is 1. The van der Waals surface area contributed by atoms with Gasteiger partial charge in [-0.05, 0) is 30.4 Å². The van der Waals surface area contributed by atoms with E-state index in [0.717, 1.165) is 24.0 Å². The van der Waals surface area contributed by atoms with Crippen LogP contribution in [0.1, 0.15) is 12.0 Å². The fraction of sp³-hybridized carbons (Fsp3) is 0.500. The standard InChI is InChI=1S/C12H16FNO3S2/c13-12-3-2-11(8-10(12)9-15)19(16,17)14-4-1-6-18-7-5-14/h2-3,8,15H,1,4-7,9H2. The molecule has 0 bridgehead atoms. The first-order valence-electron chi connectivity index (χ1n) is 6.03. The SMILES string of the molecule is O=S(=O)(c1ccc(F)c(CO)c1)N1CCCSCC1. The fourth-order valence-corrected chi connectivity index (χ4v) is 4.48. The van der Waals surface area contributed by atoms with Gasteiger partial charge in [-0.3, -0.25) is 0 Å². The maximum Gasteiger partial charge on any atom is 0.243 e. The molecule has 1 heterocycles. The van der Waals surface area contributed by atoms with Crippen LogP contribution in [0, 0.1) is 5.82 Å². The molecule has 0 unspecified atom stereocenters. The van der Waals surface area contributed by atoms with Gasteiger partial charge >= 0.3 is 0 Å². The van der Waals surface area contributed by atoms with Gasteiger partial charge in [0.15, 0.2) is 0 Å². The van der Waals surface area contributed by atoms with Gasteiger partial charge in [-0.1, -0.05) is 0 Å². The molecule has 7 heteroatoms. The van der Waals surface area contributed by atoms with Crippen molar-refractivity contribution in [1.29, 1.82) is 0 Å². The van der Waals surface area contributed by atoms with E-state index in [4.69, 9.17) is 5.11 Å². The summed E-state index contributed by atoms with van der Waals surface area (Å²) in [6.07, 6.45) is 0.817. The van der Waals surface area contributed by atoms with Crippen LogP contribution < -0.4 is 0 Å². The molecule has 1 saturated heterocycles. The van der Waals surface area contributed by atoms with E-state index in [1.807, 2.05) is 0 Å². The van der Waals surface area contributed by atoms with Crippen molar-refractivity contribution in [3.05, 3.63) is 29.6 Å². The second-order valence-electron chi connectivity index (χ2n) is 4.28. The van der Waals surface area contributed by atoms with Crippen LogP contribution in [0.4, 0.5) is 4.39 Å². The van der Waals surface area contributed by atoms with Crippen molar-refractivity contribution in [3.63, 3.8) is 0 Å². The molecule has 1 fully saturated rings. The summed E-state index contributed by atoms with van der Waals surface area (Å²) in [5, 5.41) is 9.01. The van der Waals surface area contributed by atoms with E-state index < -0.39 is 22.4 Å². The molecule has 19 heavy (non-hydrogen) atoms. The quantitative estimate of drug-likeness (QED) is 0.918. The van der Waals surface area contributed by atoms with E-state index in [1.54, 1.807) is 11.8 Å². The summed E-state index contributed by atoms with van der Waals surface area (Å²) in [7, 11) is -3.59. The molecule has 1 aliphatic heterocycles. The Morgan fingerprint density at radius 1 is 1.32 bits per heavy atom. The van der Waals surface area contributed by atoms with Gasteiger partial charge in [-0.2, -0.15) is 16.1 Å². The molecular weight excluding hydrogens is 289 g/mol. The van der Waals surface area contributed by atoms with Gasteiger partial charge in [0.25, 0.3) is 0 Å². The van der Waals surface area contributed by atoms with E-state index in [0.29, 0.717) is 13.1 Å². The summed E-state index contributed by atoms with van der Waals surface area (Å²) in [6.45, 7) is 0.449. The van der Waals surface area contributed by atoms with Crippen molar-refractivity contribution < 1.29 is 17.9 Å². The van der Waals surface area contributed by atoms with E-state index in [1.165, 1.54) is 16.4 Å². The number of hydrogen-bond donors (Lipinski definition) is 1. The highest BCUT2D eigenvalue weighted by Crippen LogP contribution is 2.22. The third kappa shape index (κ3) is 3.28. The van der Waals surface area contributed by atoms with Crippen molar-refractivity contribution in [2.45, 2.75) is 17.9 Å². The maximum atomic E-state index is 13.3. The molecule has 2 rings (SSSR count). The van der Waals surface area contributed by atoms with Crippen LogP contribution in [0.2, 0.25) is 0 Å². The number of rotatable bonds is 3. The number of nitrogens with zero attached hydrogens (tertiary/aromatic N) is 1. The van der Waals surface area contributed by atoms with Gasteiger partial charge in [-0.25, -0.2) is 12.8 Å². The van der Waals surface area contributed by atoms with Gasteiger partial charge in [0.05, 0.1) is 11.5 Å². The van der Waals surface area contributed by atoms with Gasteiger partial charge in [-0.15, -0.1) is 0 Å². The second-order valence-corrected chi connectivity index (χ2v) is 7.44. The Labute approximate surface area is 116 Å². The monoisotopic (exact) mass is 305 g/mol. The number of thioether (sulfide) groups is 1. The Bertz CT molecular complexity index is 540. The number of hydrogen-bond acceptors (Lipinski definition) is 4. The number of benzene rings is 1. The molecule has 0 radical (unpaired) electrons. The van der Waals surface area contributed by atoms with Crippen LogP contribution in [0.5, 0.6) is 0 Å². The number of halogens is 1. The van der Waals surface area contributed by atoms with Crippen molar-refractivity contribution in [2.75, 3.05) is 24.6 Å². The summed E-state index contributed by atoms with van der Waals surface area (Å²) < 4.78 is 39.6. The molecule has 0 atom stereocenters. The van der Waals surface area contributed by atoms with Gasteiger partial charge in [0.2, 0.25) is 10.0 Å². The average molecular weight is 305 g/mol. The third-order valence-electron chi connectivity index (χ3n) is 3.01. The normalized spacial score (nSPS) is 18.2. The van der Waals surface area contributed by atoms with Crippen LogP contribution in [0.15, 0.2) is 23.1 Å². The van der Waals surface area contributed by atoms with Crippen molar-refractivity contribution >= 4 is 21.8 Å². The summed E-state index contributed by atoms with van der Waals surface area (Å²) in [5.41, 5.74) is 0.00488. The minimum Gasteiger partial charge on any atom is -0.392 e. The smallest absolute Gasteiger partial charge is 0.243 e. The lowest BCUT2D eigenvalue weighted by Gasteiger charge is -2.20. The number of sulfonamides is 1. The zero-order chi connectivity index (χ0) is 13.9. The van der Waals surface area contributed by atoms with Gasteiger partial charge in [0, 0.05) is 24.4 Å². The lowest BCUT2D eigenvalue weighted by molar-refractivity contribution is 0.275. The zero-order valence-electron chi connectivity index (χ0n) is 10.4. The molecule has 0 spiro atoms. The molecule has 0 amide bonds.